The fraction of sp³-hybridized carbons (Fsp3) is 0.848. The van der Waals surface area contributed by atoms with Crippen LogP contribution in [-0.4, -0.2) is 59.2 Å². The zero-order valence-electron chi connectivity index (χ0n) is 29.3. The van der Waals surface area contributed by atoms with Crippen LogP contribution in [0.5, 0.6) is 0 Å². The van der Waals surface area contributed by atoms with Crippen molar-refractivity contribution in [2.45, 2.75) is 162 Å². The zero-order valence-corrected chi connectivity index (χ0v) is 31.3. The lowest BCUT2D eigenvalue weighted by molar-refractivity contribution is -0.144. The number of amides is 1. The van der Waals surface area contributed by atoms with Gasteiger partial charge in [-0.15, -0.1) is 0 Å². The van der Waals surface area contributed by atoms with Crippen LogP contribution in [0.2, 0.25) is 34.8 Å². The average molecular weight is 626 g/mol. The fourth-order valence-corrected chi connectivity index (χ4v) is 12.7. The molecule has 0 saturated carbocycles. The Morgan fingerprint density at radius 2 is 1.50 bits per heavy atom. The van der Waals surface area contributed by atoms with Crippen LogP contribution >= 0.6 is 0 Å². The van der Waals surface area contributed by atoms with E-state index >= 15 is 0 Å². The van der Waals surface area contributed by atoms with Crippen LogP contribution in [0.25, 0.3) is 0 Å². The summed E-state index contributed by atoms with van der Waals surface area (Å²) in [4.78, 5) is 39.1. The zero-order chi connectivity index (χ0) is 32.6. The summed E-state index contributed by atoms with van der Waals surface area (Å²) in [5, 5.41) is 3.01. The number of hydrogen-bond donors (Lipinski definition) is 1. The van der Waals surface area contributed by atoms with Gasteiger partial charge in [0, 0.05) is 13.0 Å². The lowest BCUT2D eigenvalue weighted by atomic mass is 9.90. The molecule has 9 heteroatoms. The van der Waals surface area contributed by atoms with Gasteiger partial charge in [0.15, 0.2) is 14.1 Å². The van der Waals surface area contributed by atoms with Gasteiger partial charge in [-0.05, 0) is 73.4 Å². The molecule has 1 amide bonds. The molecule has 1 rings (SSSR count). The fourth-order valence-electron chi connectivity index (χ4n) is 6.08. The first-order valence-electron chi connectivity index (χ1n) is 16.2. The molecule has 0 aromatic heterocycles. The molecule has 1 fully saturated rings. The SMILES string of the molecule is C/C=C/C(=O)C[C@@H]1CC[C@@H](C)[C@H](CC(=O)NC[C@@H](O[Si](C)(C)C(C)(C)C)[C@H](C)C(=O)O[Si](C(C)C)(C(C)C)C(C)C)O1. The first-order chi connectivity index (χ1) is 19.2. The van der Waals surface area contributed by atoms with E-state index in [0.717, 1.165) is 12.8 Å². The van der Waals surface area contributed by atoms with Crippen LogP contribution in [0.3, 0.4) is 0 Å². The van der Waals surface area contributed by atoms with E-state index in [4.69, 9.17) is 13.6 Å². The molecule has 0 radical (unpaired) electrons. The van der Waals surface area contributed by atoms with Crippen molar-refractivity contribution in [3.05, 3.63) is 12.2 Å². The monoisotopic (exact) mass is 625 g/mol. The molecule has 7 nitrogen and oxygen atoms in total. The molecular weight excluding hydrogens is 563 g/mol. The van der Waals surface area contributed by atoms with Gasteiger partial charge >= 0.3 is 0 Å². The molecule has 244 valence electrons. The minimum absolute atomic E-state index is 0.0474. The van der Waals surface area contributed by atoms with Crippen molar-refractivity contribution in [1.29, 1.82) is 0 Å². The van der Waals surface area contributed by atoms with Crippen LogP contribution in [0.15, 0.2) is 12.2 Å². The molecule has 1 heterocycles. The van der Waals surface area contributed by atoms with E-state index in [9.17, 15) is 14.4 Å². The summed E-state index contributed by atoms with van der Waals surface area (Å²) in [5.41, 5.74) is 0.841. The molecule has 1 aliphatic rings. The summed E-state index contributed by atoms with van der Waals surface area (Å²) in [7, 11) is -4.69. The summed E-state index contributed by atoms with van der Waals surface area (Å²) in [5.74, 6) is -0.626. The molecule has 0 spiro atoms. The molecule has 1 aliphatic heterocycles. The van der Waals surface area contributed by atoms with E-state index in [-0.39, 0.29) is 70.4 Å². The van der Waals surface area contributed by atoms with Crippen molar-refractivity contribution in [2.75, 3.05) is 6.54 Å². The minimum Gasteiger partial charge on any atom is -0.518 e. The Hall–Kier alpha value is -1.30. The van der Waals surface area contributed by atoms with E-state index in [1.54, 1.807) is 12.2 Å². The third kappa shape index (κ3) is 10.4. The van der Waals surface area contributed by atoms with Crippen LogP contribution < -0.4 is 5.32 Å². The van der Waals surface area contributed by atoms with Crippen molar-refractivity contribution >= 4 is 34.3 Å². The van der Waals surface area contributed by atoms with Gasteiger partial charge in [-0.3, -0.25) is 14.4 Å². The van der Waals surface area contributed by atoms with Gasteiger partial charge in [0.05, 0.1) is 30.7 Å². The van der Waals surface area contributed by atoms with Gasteiger partial charge in [0.1, 0.15) is 0 Å². The highest BCUT2D eigenvalue weighted by Crippen LogP contribution is 2.43. The normalized spacial score (nSPS) is 22.1. The summed E-state index contributed by atoms with van der Waals surface area (Å²) in [6.45, 7) is 29.9. The van der Waals surface area contributed by atoms with Crippen LogP contribution in [0, 0.1) is 11.8 Å². The summed E-state index contributed by atoms with van der Waals surface area (Å²) in [6.07, 6.45) is 4.69. The van der Waals surface area contributed by atoms with Gasteiger partial charge in [-0.2, -0.15) is 0 Å². The Morgan fingerprint density at radius 1 is 0.952 bits per heavy atom. The Kier molecular flexibility index (Phi) is 14.9. The lowest BCUT2D eigenvalue weighted by Crippen LogP contribution is -2.54. The van der Waals surface area contributed by atoms with Gasteiger partial charge in [0.2, 0.25) is 5.91 Å². The lowest BCUT2D eigenvalue weighted by Gasteiger charge is -2.44. The number of ether oxygens (including phenoxy) is 1. The molecule has 1 N–H and O–H groups in total. The standard InChI is InChI=1S/C33H63NO6Si2/c1-15-16-27(35)19-28-18-17-25(8)29(38-28)20-31(36)34-21-30(39-41(13,14)33(10,11)12)26(9)32(37)40-42(22(2)3,23(4)5)24(6)7/h15-16,22-26,28-30H,17-21H2,1-14H3,(H,34,36)/b16-15+/t25-,26+,28+,29+,30-/m1/s1. The van der Waals surface area contributed by atoms with Crippen molar-refractivity contribution in [3.8, 4) is 0 Å². The molecule has 0 bridgehead atoms. The topological polar surface area (TPSA) is 90.9 Å². The van der Waals surface area contributed by atoms with E-state index in [1.165, 1.54) is 0 Å². The number of allylic oxidation sites excluding steroid dienone is 2. The molecule has 42 heavy (non-hydrogen) atoms. The Labute approximate surface area is 259 Å². The molecule has 0 aliphatic carbocycles. The molecule has 0 unspecified atom stereocenters. The third-order valence-corrected chi connectivity index (χ3v) is 20.3. The Bertz CT molecular complexity index is 902. The van der Waals surface area contributed by atoms with Gasteiger partial charge < -0.3 is 18.9 Å². The highest BCUT2D eigenvalue weighted by Gasteiger charge is 2.50. The summed E-state index contributed by atoms with van der Waals surface area (Å²) >= 11 is 0. The maximum absolute atomic E-state index is 13.8. The molecule has 5 atom stereocenters. The van der Waals surface area contributed by atoms with E-state index < -0.39 is 28.7 Å². The van der Waals surface area contributed by atoms with E-state index in [2.05, 4.69) is 87.6 Å². The predicted molar refractivity (Wildman–Crippen MR) is 177 cm³/mol. The average Bonchev–Trinajstić information content (AvgIpc) is 2.85. The van der Waals surface area contributed by atoms with Gasteiger partial charge in [0.25, 0.3) is 14.3 Å². The number of hydrogen-bond acceptors (Lipinski definition) is 6. The number of nitrogens with one attached hydrogen (secondary N) is 1. The smallest absolute Gasteiger partial charge is 0.298 e. The second kappa shape index (κ2) is 16.1. The second-order valence-electron chi connectivity index (χ2n) is 15.0. The largest absolute Gasteiger partial charge is 0.518 e. The number of carbonyl (C=O) groups excluding carboxylic acids is 3. The maximum Gasteiger partial charge on any atom is 0.298 e. The minimum atomic E-state index is -2.43. The first-order valence-corrected chi connectivity index (χ1v) is 21.2. The van der Waals surface area contributed by atoms with E-state index in [0.29, 0.717) is 6.42 Å². The first kappa shape index (κ1) is 38.7. The van der Waals surface area contributed by atoms with Crippen molar-refractivity contribution in [3.63, 3.8) is 0 Å². The predicted octanol–water partition coefficient (Wildman–Crippen LogP) is 7.96. The van der Waals surface area contributed by atoms with Crippen LogP contribution in [0.1, 0.15) is 109 Å². The number of carbonyl (C=O) groups is 3. The van der Waals surface area contributed by atoms with Crippen LogP contribution in [0.4, 0.5) is 0 Å². The highest BCUT2D eigenvalue weighted by atomic mass is 28.4. The third-order valence-electron chi connectivity index (χ3n) is 9.78. The molecule has 0 aromatic rings. The quantitative estimate of drug-likeness (QED) is 0.147. The maximum atomic E-state index is 13.8. The van der Waals surface area contributed by atoms with E-state index in [1.807, 2.05) is 13.8 Å². The number of ketones is 1. The van der Waals surface area contributed by atoms with Crippen molar-refractivity contribution in [2.24, 2.45) is 11.8 Å². The molecule has 1 saturated heterocycles. The molecule has 0 aromatic carbocycles. The Morgan fingerprint density at radius 3 is 1.98 bits per heavy atom. The van der Waals surface area contributed by atoms with Crippen molar-refractivity contribution in [1.82, 2.24) is 5.32 Å². The summed E-state index contributed by atoms with van der Waals surface area (Å²) < 4.78 is 19.5. The van der Waals surface area contributed by atoms with Gasteiger partial charge in [-0.25, -0.2) is 0 Å². The van der Waals surface area contributed by atoms with Crippen LogP contribution in [-0.2, 0) is 28.0 Å². The second-order valence-corrected chi connectivity index (χ2v) is 25.1. The number of rotatable bonds is 15. The highest BCUT2D eigenvalue weighted by molar-refractivity contribution is 6.79. The van der Waals surface area contributed by atoms with Gasteiger partial charge in [-0.1, -0.05) is 75.3 Å². The molecular formula is C33H63NO6Si2. The Balaban J connectivity index is 3.09. The summed E-state index contributed by atoms with van der Waals surface area (Å²) in [6, 6.07) is 0. The van der Waals surface area contributed by atoms with Crippen molar-refractivity contribution < 1.29 is 28.0 Å².